The number of rotatable bonds is 7. The molecule has 1 aliphatic rings. The molecule has 184 valence electrons. The summed E-state index contributed by atoms with van der Waals surface area (Å²) in [5.74, 6) is 2.05. The SMILES string of the molecule is CCCCSc1nnc2c(n1)OC(c1cccc(OC)c1OC)N(C(C)=O)c1c(C)cc(C)cc1-2. The smallest absolute Gasteiger partial charge is 0.247 e. The van der Waals surface area contributed by atoms with Gasteiger partial charge in [0.05, 0.1) is 25.5 Å². The summed E-state index contributed by atoms with van der Waals surface area (Å²) in [6.45, 7) is 7.65. The molecule has 0 aliphatic carbocycles. The van der Waals surface area contributed by atoms with Crippen LogP contribution >= 0.6 is 11.8 Å². The number of hydrogen-bond donors (Lipinski definition) is 0. The third-order valence-corrected chi connectivity index (χ3v) is 6.73. The number of hydrogen-bond acceptors (Lipinski definition) is 8. The second kappa shape index (κ2) is 10.5. The van der Waals surface area contributed by atoms with E-state index in [-0.39, 0.29) is 5.91 Å². The molecule has 1 amide bonds. The Balaban J connectivity index is 1.97. The molecule has 0 bridgehead atoms. The van der Waals surface area contributed by atoms with Crippen molar-refractivity contribution < 1.29 is 19.0 Å². The summed E-state index contributed by atoms with van der Waals surface area (Å²) in [4.78, 5) is 19.6. The van der Waals surface area contributed by atoms with E-state index in [1.165, 1.54) is 6.92 Å². The quantitative estimate of drug-likeness (QED) is 0.314. The lowest BCUT2D eigenvalue weighted by molar-refractivity contribution is -0.118. The lowest BCUT2D eigenvalue weighted by Crippen LogP contribution is -2.36. The van der Waals surface area contributed by atoms with Gasteiger partial charge in [-0.05, 0) is 44.0 Å². The van der Waals surface area contributed by atoms with E-state index in [1.807, 2.05) is 38.1 Å². The zero-order valence-electron chi connectivity index (χ0n) is 20.9. The van der Waals surface area contributed by atoms with Gasteiger partial charge in [0, 0.05) is 18.2 Å². The van der Waals surface area contributed by atoms with Crippen molar-refractivity contribution in [2.24, 2.45) is 0 Å². The van der Waals surface area contributed by atoms with E-state index >= 15 is 0 Å². The summed E-state index contributed by atoms with van der Waals surface area (Å²) in [5.41, 5.74) is 4.56. The molecule has 1 unspecified atom stereocenters. The molecular formula is C26H30N4O4S. The van der Waals surface area contributed by atoms with Crippen LogP contribution < -0.4 is 19.1 Å². The second-order valence-corrected chi connectivity index (χ2v) is 9.43. The Morgan fingerprint density at radius 2 is 1.97 bits per heavy atom. The van der Waals surface area contributed by atoms with Gasteiger partial charge in [0.2, 0.25) is 23.2 Å². The molecule has 1 aromatic heterocycles. The van der Waals surface area contributed by atoms with Crippen LogP contribution in [0.2, 0.25) is 0 Å². The number of carbonyl (C=O) groups excluding carboxylic acids is 1. The number of amides is 1. The summed E-state index contributed by atoms with van der Waals surface area (Å²) in [5, 5.41) is 9.43. The van der Waals surface area contributed by atoms with Crippen molar-refractivity contribution in [3.05, 3.63) is 47.0 Å². The summed E-state index contributed by atoms with van der Waals surface area (Å²) >= 11 is 1.54. The molecule has 35 heavy (non-hydrogen) atoms. The summed E-state index contributed by atoms with van der Waals surface area (Å²) in [6, 6.07) is 9.54. The molecule has 1 aliphatic heterocycles. The Hall–Kier alpha value is -3.33. The fourth-order valence-electron chi connectivity index (χ4n) is 4.29. The maximum atomic E-state index is 13.2. The zero-order valence-corrected chi connectivity index (χ0v) is 21.7. The van der Waals surface area contributed by atoms with Crippen LogP contribution in [0.15, 0.2) is 35.5 Å². The van der Waals surface area contributed by atoms with Crippen molar-refractivity contribution in [1.82, 2.24) is 15.2 Å². The molecule has 0 saturated carbocycles. The Kier molecular flexibility index (Phi) is 7.45. The molecule has 2 aromatic carbocycles. The molecule has 2 heterocycles. The minimum atomic E-state index is -0.857. The van der Waals surface area contributed by atoms with Crippen LogP contribution in [-0.4, -0.2) is 41.1 Å². The highest BCUT2D eigenvalue weighted by atomic mass is 32.2. The fraction of sp³-hybridized carbons (Fsp3) is 0.385. The van der Waals surface area contributed by atoms with Gasteiger partial charge in [-0.1, -0.05) is 42.8 Å². The molecule has 0 radical (unpaired) electrons. The van der Waals surface area contributed by atoms with Gasteiger partial charge in [-0.2, -0.15) is 4.98 Å². The van der Waals surface area contributed by atoms with Crippen LogP contribution in [0.5, 0.6) is 17.4 Å². The Morgan fingerprint density at radius 1 is 1.17 bits per heavy atom. The maximum absolute atomic E-state index is 13.2. The number of aromatic nitrogens is 3. The monoisotopic (exact) mass is 494 g/mol. The van der Waals surface area contributed by atoms with E-state index in [0.29, 0.717) is 39.5 Å². The molecule has 0 N–H and O–H groups in total. The predicted molar refractivity (Wildman–Crippen MR) is 136 cm³/mol. The Bertz CT molecular complexity index is 1250. The first kappa shape index (κ1) is 24.8. The van der Waals surface area contributed by atoms with Crippen LogP contribution in [-0.2, 0) is 4.79 Å². The van der Waals surface area contributed by atoms with Gasteiger partial charge in [-0.25, -0.2) is 0 Å². The van der Waals surface area contributed by atoms with E-state index in [4.69, 9.17) is 19.2 Å². The number of unbranched alkanes of at least 4 members (excludes halogenated alkanes) is 1. The van der Waals surface area contributed by atoms with Crippen LogP contribution in [0.3, 0.4) is 0 Å². The maximum Gasteiger partial charge on any atom is 0.247 e. The van der Waals surface area contributed by atoms with Crippen LogP contribution in [0.4, 0.5) is 5.69 Å². The van der Waals surface area contributed by atoms with Crippen molar-refractivity contribution in [2.45, 2.75) is 51.9 Å². The van der Waals surface area contributed by atoms with E-state index in [9.17, 15) is 4.79 Å². The first-order valence-electron chi connectivity index (χ1n) is 11.6. The topological polar surface area (TPSA) is 86.7 Å². The van der Waals surface area contributed by atoms with Crippen LogP contribution in [0.1, 0.15) is 49.6 Å². The van der Waals surface area contributed by atoms with Crippen molar-refractivity contribution >= 4 is 23.4 Å². The number of aryl methyl sites for hydroxylation is 2. The minimum Gasteiger partial charge on any atom is -0.493 e. The van der Waals surface area contributed by atoms with Gasteiger partial charge in [-0.3, -0.25) is 9.69 Å². The number of carbonyl (C=O) groups is 1. The number of anilines is 1. The van der Waals surface area contributed by atoms with Gasteiger partial charge in [-0.15, -0.1) is 10.2 Å². The molecule has 9 heteroatoms. The van der Waals surface area contributed by atoms with E-state index in [2.05, 4.69) is 17.1 Å². The molecule has 0 spiro atoms. The summed E-state index contributed by atoms with van der Waals surface area (Å²) in [7, 11) is 3.14. The number of methoxy groups -OCH3 is 2. The first-order chi connectivity index (χ1) is 16.9. The third kappa shape index (κ3) is 4.77. The third-order valence-electron chi connectivity index (χ3n) is 5.80. The summed E-state index contributed by atoms with van der Waals surface area (Å²) in [6.07, 6.45) is 1.28. The number of benzene rings is 2. The molecule has 4 rings (SSSR count). The highest BCUT2D eigenvalue weighted by Crippen LogP contribution is 2.48. The highest BCUT2D eigenvalue weighted by molar-refractivity contribution is 7.99. The molecule has 0 fully saturated rings. The average molecular weight is 495 g/mol. The van der Waals surface area contributed by atoms with E-state index in [0.717, 1.165) is 35.3 Å². The molecule has 8 nitrogen and oxygen atoms in total. The number of ether oxygens (including phenoxy) is 3. The Labute approximate surface area is 210 Å². The summed E-state index contributed by atoms with van der Waals surface area (Å²) < 4.78 is 17.8. The lowest BCUT2D eigenvalue weighted by atomic mass is 10.00. The zero-order chi connectivity index (χ0) is 25.1. The van der Waals surface area contributed by atoms with Crippen LogP contribution in [0.25, 0.3) is 11.3 Å². The van der Waals surface area contributed by atoms with Crippen molar-refractivity contribution in [1.29, 1.82) is 0 Å². The minimum absolute atomic E-state index is 0.189. The highest BCUT2D eigenvalue weighted by Gasteiger charge is 2.37. The molecular weight excluding hydrogens is 464 g/mol. The number of thioether (sulfide) groups is 1. The van der Waals surface area contributed by atoms with Gasteiger partial charge in [0.25, 0.3) is 0 Å². The lowest BCUT2D eigenvalue weighted by Gasteiger charge is -2.32. The van der Waals surface area contributed by atoms with Gasteiger partial charge < -0.3 is 14.2 Å². The van der Waals surface area contributed by atoms with Crippen molar-refractivity contribution in [3.63, 3.8) is 0 Å². The first-order valence-corrected chi connectivity index (χ1v) is 12.5. The van der Waals surface area contributed by atoms with E-state index in [1.54, 1.807) is 36.9 Å². The van der Waals surface area contributed by atoms with Gasteiger partial charge in [0.1, 0.15) is 0 Å². The van der Waals surface area contributed by atoms with Crippen molar-refractivity contribution in [2.75, 3.05) is 24.9 Å². The average Bonchev–Trinajstić information content (AvgIpc) is 2.98. The Morgan fingerprint density at radius 3 is 2.66 bits per heavy atom. The fourth-order valence-corrected chi connectivity index (χ4v) is 5.15. The van der Waals surface area contributed by atoms with Crippen LogP contribution in [0, 0.1) is 13.8 Å². The number of fused-ring (bicyclic) bond motifs is 3. The largest absolute Gasteiger partial charge is 0.493 e. The number of para-hydroxylation sites is 1. The molecule has 1 atom stereocenters. The predicted octanol–water partition coefficient (Wildman–Crippen LogP) is 5.51. The van der Waals surface area contributed by atoms with Crippen molar-refractivity contribution in [3.8, 4) is 28.6 Å². The van der Waals surface area contributed by atoms with E-state index < -0.39 is 6.23 Å². The standard InChI is InChI=1S/C26H30N4O4S/c1-7-8-12-35-26-27-24-21(28-29-26)19-14-15(2)13-16(3)22(19)30(17(4)31)25(34-24)18-10-9-11-20(32-5)23(18)33-6/h9-11,13-14,25H,7-8,12H2,1-6H3. The molecule has 3 aromatic rings. The molecule has 0 saturated heterocycles. The normalized spacial score (nSPS) is 14.5. The second-order valence-electron chi connectivity index (χ2n) is 8.37. The van der Waals surface area contributed by atoms with Gasteiger partial charge >= 0.3 is 0 Å². The number of nitrogens with zero attached hydrogens (tertiary/aromatic N) is 4. The van der Waals surface area contributed by atoms with Gasteiger partial charge in [0.15, 0.2) is 17.2 Å².